The van der Waals surface area contributed by atoms with Crippen LogP contribution in [0.25, 0.3) is 0 Å². The monoisotopic (exact) mass is 296 g/mol. The number of nitrogen functional groups attached to an aromatic ring is 1. The zero-order chi connectivity index (χ0) is 14.2. The Morgan fingerprint density at radius 3 is 3.00 bits per heavy atom. The highest BCUT2D eigenvalue weighted by Crippen LogP contribution is 2.22. The van der Waals surface area contributed by atoms with E-state index in [4.69, 9.17) is 15.3 Å². The summed E-state index contributed by atoms with van der Waals surface area (Å²) in [5.74, 6) is 6.43. The van der Waals surface area contributed by atoms with Gasteiger partial charge in [0.1, 0.15) is 5.75 Å². The summed E-state index contributed by atoms with van der Waals surface area (Å²) in [6.45, 7) is 2.37. The fraction of sp³-hybridized carbons (Fsp3) is 0.500. The van der Waals surface area contributed by atoms with E-state index >= 15 is 0 Å². The molecule has 1 heterocycles. The topological polar surface area (TPSA) is 73.6 Å². The summed E-state index contributed by atoms with van der Waals surface area (Å²) in [5.41, 5.74) is 2.61. The molecule has 20 heavy (non-hydrogen) atoms. The number of hydrogen-bond donors (Lipinski definition) is 2. The molecule has 6 heteroatoms. The molecule has 0 aliphatic carbocycles. The number of carbonyl (C=O) groups is 1. The maximum Gasteiger partial charge on any atom is 0.265 e. The predicted molar refractivity (Wildman–Crippen MR) is 79.9 cm³/mol. The van der Waals surface area contributed by atoms with Crippen LogP contribution >= 0.6 is 11.8 Å². The van der Waals surface area contributed by atoms with E-state index in [1.54, 1.807) is 18.2 Å². The number of nitrogens with two attached hydrogens (primary N) is 1. The smallest absolute Gasteiger partial charge is 0.265 e. The van der Waals surface area contributed by atoms with Gasteiger partial charge in [0.25, 0.3) is 5.91 Å². The van der Waals surface area contributed by atoms with E-state index in [0.29, 0.717) is 23.2 Å². The van der Waals surface area contributed by atoms with E-state index in [1.165, 1.54) is 0 Å². The molecule has 0 unspecified atom stereocenters. The van der Waals surface area contributed by atoms with Crippen molar-refractivity contribution in [3.05, 3.63) is 29.8 Å². The van der Waals surface area contributed by atoms with Crippen molar-refractivity contribution in [1.29, 1.82) is 0 Å². The third-order valence-corrected chi connectivity index (χ3v) is 4.45. The fourth-order valence-electron chi connectivity index (χ4n) is 2.03. The Balaban J connectivity index is 1.72. The van der Waals surface area contributed by atoms with Gasteiger partial charge in [-0.3, -0.25) is 10.2 Å². The van der Waals surface area contributed by atoms with Crippen molar-refractivity contribution >= 4 is 17.7 Å². The average molecular weight is 296 g/mol. The highest BCUT2D eigenvalue weighted by atomic mass is 32.2. The molecule has 1 aromatic rings. The van der Waals surface area contributed by atoms with Gasteiger partial charge in [0.2, 0.25) is 0 Å². The van der Waals surface area contributed by atoms with Crippen molar-refractivity contribution in [2.75, 3.05) is 25.6 Å². The van der Waals surface area contributed by atoms with Crippen molar-refractivity contribution in [2.45, 2.75) is 18.1 Å². The molecule has 1 fully saturated rings. The average Bonchev–Trinajstić information content (AvgIpc) is 2.52. The predicted octanol–water partition coefficient (Wildman–Crippen LogP) is 1.58. The molecule has 0 spiro atoms. The molecule has 5 nitrogen and oxygen atoms in total. The van der Waals surface area contributed by atoms with Gasteiger partial charge in [0, 0.05) is 29.8 Å². The van der Waals surface area contributed by atoms with Crippen LogP contribution in [-0.2, 0) is 4.74 Å². The van der Waals surface area contributed by atoms with Crippen LogP contribution in [0.1, 0.15) is 23.2 Å². The highest BCUT2D eigenvalue weighted by molar-refractivity contribution is 7.99. The zero-order valence-electron chi connectivity index (χ0n) is 11.3. The molecule has 110 valence electrons. The molecule has 1 aliphatic heterocycles. The summed E-state index contributed by atoms with van der Waals surface area (Å²) in [6.07, 6.45) is 2.24. The van der Waals surface area contributed by atoms with E-state index in [9.17, 15) is 4.79 Å². The highest BCUT2D eigenvalue weighted by Gasteiger charge is 2.13. The standard InChI is InChI=1S/C14H20N2O3S/c15-16-14(17)11-2-1-3-12(10-11)19-8-9-20-13-4-6-18-7-5-13/h1-3,10,13H,4-9,15H2,(H,16,17). The van der Waals surface area contributed by atoms with Crippen molar-refractivity contribution in [3.8, 4) is 5.75 Å². The van der Waals surface area contributed by atoms with Crippen LogP contribution < -0.4 is 16.0 Å². The quantitative estimate of drug-likeness (QED) is 0.361. The van der Waals surface area contributed by atoms with Crippen molar-refractivity contribution < 1.29 is 14.3 Å². The summed E-state index contributed by atoms with van der Waals surface area (Å²) in [4.78, 5) is 11.4. The van der Waals surface area contributed by atoms with Crippen LogP contribution in [0.5, 0.6) is 5.75 Å². The first kappa shape index (κ1) is 15.2. The van der Waals surface area contributed by atoms with Crippen LogP contribution in [0.15, 0.2) is 24.3 Å². The second-order valence-electron chi connectivity index (χ2n) is 4.53. The van der Waals surface area contributed by atoms with Crippen molar-refractivity contribution in [2.24, 2.45) is 5.84 Å². The minimum atomic E-state index is -0.313. The minimum Gasteiger partial charge on any atom is -0.493 e. The number of thioether (sulfide) groups is 1. The van der Waals surface area contributed by atoms with Crippen LogP contribution in [0.3, 0.4) is 0 Å². The molecule has 0 aromatic heterocycles. The van der Waals surface area contributed by atoms with E-state index < -0.39 is 0 Å². The summed E-state index contributed by atoms with van der Waals surface area (Å²) in [7, 11) is 0. The summed E-state index contributed by atoms with van der Waals surface area (Å²) in [6, 6.07) is 7.02. The van der Waals surface area contributed by atoms with Gasteiger partial charge in [-0.2, -0.15) is 11.8 Å². The van der Waals surface area contributed by atoms with Crippen LogP contribution in [-0.4, -0.2) is 36.7 Å². The van der Waals surface area contributed by atoms with Gasteiger partial charge in [-0.25, -0.2) is 5.84 Å². The lowest BCUT2D eigenvalue weighted by molar-refractivity contribution is 0.0953. The summed E-state index contributed by atoms with van der Waals surface area (Å²) >= 11 is 1.93. The second-order valence-corrected chi connectivity index (χ2v) is 5.94. The van der Waals surface area contributed by atoms with Crippen molar-refractivity contribution in [1.82, 2.24) is 5.43 Å². The first-order valence-electron chi connectivity index (χ1n) is 6.73. The van der Waals surface area contributed by atoms with Gasteiger partial charge in [0.05, 0.1) is 6.61 Å². The van der Waals surface area contributed by atoms with Gasteiger partial charge >= 0.3 is 0 Å². The molecule has 1 aromatic carbocycles. The Bertz CT molecular complexity index is 436. The minimum absolute atomic E-state index is 0.313. The molecule has 1 amide bonds. The molecular weight excluding hydrogens is 276 g/mol. The third kappa shape index (κ3) is 4.70. The first-order chi connectivity index (χ1) is 9.79. The van der Waals surface area contributed by atoms with E-state index in [1.807, 2.05) is 17.8 Å². The van der Waals surface area contributed by atoms with Gasteiger partial charge in [-0.15, -0.1) is 0 Å². The van der Waals surface area contributed by atoms with Gasteiger partial charge < -0.3 is 9.47 Å². The van der Waals surface area contributed by atoms with Crippen LogP contribution in [0.4, 0.5) is 0 Å². The Morgan fingerprint density at radius 2 is 2.25 bits per heavy atom. The van der Waals surface area contributed by atoms with E-state index in [-0.39, 0.29) is 5.91 Å². The lowest BCUT2D eigenvalue weighted by Gasteiger charge is -2.21. The molecule has 0 atom stereocenters. The molecular formula is C14H20N2O3S. The Labute approximate surface area is 123 Å². The third-order valence-electron chi connectivity index (χ3n) is 3.10. The maximum absolute atomic E-state index is 11.4. The maximum atomic E-state index is 11.4. The van der Waals surface area contributed by atoms with Gasteiger partial charge in [-0.1, -0.05) is 6.07 Å². The molecule has 1 aliphatic rings. The lowest BCUT2D eigenvalue weighted by Crippen LogP contribution is -2.29. The number of carbonyl (C=O) groups excluding carboxylic acids is 1. The van der Waals surface area contributed by atoms with Crippen molar-refractivity contribution in [3.63, 3.8) is 0 Å². The molecule has 3 N–H and O–H groups in total. The molecule has 0 radical (unpaired) electrons. The van der Waals surface area contributed by atoms with Gasteiger partial charge in [0.15, 0.2) is 0 Å². The molecule has 1 saturated heterocycles. The second kappa shape index (κ2) is 8.14. The Hall–Kier alpha value is -1.24. The van der Waals surface area contributed by atoms with E-state index in [2.05, 4.69) is 5.43 Å². The number of benzene rings is 1. The van der Waals surface area contributed by atoms with Crippen LogP contribution in [0, 0.1) is 0 Å². The zero-order valence-corrected chi connectivity index (χ0v) is 12.2. The number of hydrazine groups is 1. The molecule has 0 bridgehead atoms. The number of ether oxygens (including phenoxy) is 2. The Kier molecular flexibility index (Phi) is 6.17. The number of rotatable bonds is 6. The fourth-order valence-corrected chi connectivity index (χ4v) is 3.07. The SMILES string of the molecule is NNC(=O)c1cccc(OCCSC2CCOCC2)c1. The van der Waals surface area contributed by atoms with Crippen LogP contribution in [0.2, 0.25) is 0 Å². The number of amides is 1. The largest absolute Gasteiger partial charge is 0.493 e. The summed E-state index contributed by atoms with van der Waals surface area (Å²) < 4.78 is 11.0. The molecule has 2 rings (SSSR count). The van der Waals surface area contributed by atoms with E-state index in [0.717, 1.165) is 31.8 Å². The normalized spacial score (nSPS) is 15.8. The summed E-state index contributed by atoms with van der Waals surface area (Å²) in [5, 5.41) is 0.682. The first-order valence-corrected chi connectivity index (χ1v) is 7.77. The lowest BCUT2D eigenvalue weighted by atomic mass is 10.2. The van der Waals surface area contributed by atoms with Gasteiger partial charge in [-0.05, 0) is 31.0 Å². The molecule has 0 saturated carbocycles. The number of nitrogens with one attached hydrogen (secondary N) is 1. The number of hydrogen-bond acceptors (Lipinski definition) is 5. The Morgan fingerprint density at radius 1 is 1.45 bits per heavy atom.